The number of para-hydroxylation sites is 1. The van der Waals surface area contributed by atoms with Crippen molar-refractivity contribution in [2.75, 3.05) is 7.11 Å². The molecule has 0 N–H and O–H groups in total. The van der Waals surface area contributed by atoms with Crippen molar-refractivity contribution in [3.8, 4) is 5.75 Å². The Hall–Kier alpha value is -2.33. The van der Waals surface area contributed by atoms with Crippen molar-refractivity contribution >= 4 is 22.6 Å². The summed E-state index contributed by atoms with van der Waals surface area (Å²) in [6, 6.07) is 15.1. The predicted molar refractivity (Wildman–Crippen MR) is 86.4 cm³/mol. The van der Waals surface area contributed by atoms with Crippen molar-refractivity contribution in [3.05, 3.63) is 65.2 Å². The number of hydrogen-bond acceptors (Lipinski definition) is 4. The van der Waals surface area contributed by atoms with Crippen molar-refractivity contribution in [1.29, 1.82) is 0 Å². The standard InChI is InChI=1S/C17H16ClNO3/c1-12-6-3-4-9-15(12)22-11-13-7-5-8-14(10-13)16(17(18)20)19-21-2/h3-10H,11H2,1-2H3. The molecule has 0 unspecified atom stereocenters. The van der Waals surface area contributed by atoms with Gasteiger partial charge in [-0.05, 0) is 41.8 Å². The van der Waals surface area contributed by atoms with Gasteiger partial charge in [-0.25, -0.2) is 0 Å². The molecule has 0 bridgehead atoms. The third-order valence-electron chi connectivity index (χ3n) is 3.06. The monoisotopic (exact) mass is 317 g/mol. The minimum absolute atomic E-state index is 0.0712. The van der Waals surface area contributed by atoms with Crippen LogP contribution in [-0.2, 0) is 16.2 Å². The lowest BCUT2D eigenvalue weighted by Gasteiger charge is -2.10. The molecular weight excluding hydrogens is 302 g/mol. The molecule has 0 amide bonds. The Morgan fingerprint density at radius 3 is 2.64 bits per heavy atom. The molecule has 5 heteroatoms. The normalized spacial score (nSPS) is 11.1. The second-order valence-electron chi connectivity index (χ2n) is 4.65. The van der Waals surface area contributed by atoms with Crippen LogP contribution in [0.15, 0.2) is 53.7 Å². The SMILES string of the molecule is CON=C(C(=O)Cl)c1cccc(COc2ccccc2C)c1. The largest absolute Gasteiger partial charge is 0.489 e. The lowest BCUT2D eigenvalue weighted by molar-refractivity contribution is -0.106. The van der Waals surface area contributed by atoms with Gasteiger partial charge in [0.1, 0.15) is 19.5 Å². The number of rotatable bonds is 6. The molecule has 0 atom stereocenters. The van der Waals surface area contributed by atoms with Crippen molar-refractivity contribution in [2.24, 2.45) is 5.16 Å². The van der Waals surface area contributed by atoms with Gasteiger partial charge in [0, 0.05) is 5.56 Å². The highest BCUT2D eigenvalue weighted by Gasteiger charge is 2.13. The van der Waals surface area contributed by atoms with Crippen LogP contribution in [0.3, 0.4) is 0 Å². The van der Waals surface area contributed by atoms with Crippen molar-refractivity contribution in [1.82, 2.24) is 0 Å². The summed E-state index contributed by atoms with van der Waals surface area (Å²) in [7, 11) is 1.37. The maximum atomic E-state index is 11.4. The maximum Gasteiger partial charge on any atom is 0.274 e. The lowest BCUT2D eigenvalue weighted by Crippen LogP contribution is -2.10. The van der Waals surface area contributed by atoms with Crippen LogP contribution in [0.25, 0.3) is 0 Å². The van der Waals surface area contributed by atoms with Gasteiger partial charge in [-0.1, -0.05) is 41.6 Å². The highest BCUT2D eigenvalue weighted by molar-refractivity contribution is 6.84. The van der Waals surface area contributed by atoms with Crippen LogP contribution >= 0.6 is 11.6 Å². The van der Waals surface area contributed by atoms with Gasteiger partial charge in [0.25, 0.3) is 5.24 Å². The zero-order chi connectivity index (χ0) is 15.9. The highest BCUT2D eigenvalue weighted by atomic mass is 35.5. The molecule has 0 radical (unpaired) electrons. The molecule has 0 aromatic heterocycles. The van der Waals surface area contributed by atoms with Crippen LogP contribution < -0.4 is 4.74 Å². The molecule has 0 heterocycles. The van der Waals surface area contributed by atoms with E-state index in [4.69, 9.17) is 16.3 Å². The maximum absolute atomic E-state index is 11.4. The smallest absolute Gasteiger partial charge is 0.274 e. The number of nitrogens with zero attached hydrogens (tertiary/aromatic N) is 1. The van der Waals surface area contributed by atoms with Crippen LogP contribution in [0.4, 0.5) is 0 Å². The summed E-state index contributed by atoms with van der Waals surface area (Å²) in [5.41, 5.74) is 2.63. The topological polar surface area (TPSA) is 47.9 Å². The molecular formula is C17H16ClNO3. The van der Waals surface area contributed by atoms with Gasteiger partial charge in [-0.3, -0.25) is 4.79 Å². The Morgan fingerprint density at radius 2 is 1.95 bits per heavy atom. The van der Waals surface area contributed by atoms with Gasteiger partial charge in [-0.15, -0.1) is 0 Å². The molecule has 0 saturated carbocycles. The Morgan fingerprint density at radius 1 is 1.18 bits per heavy atom. The Bertz CT molecular complexity index is 698. The van der Waals surface area contributed by atoms with Crippen molar-refractivity contribution in [2.45, 2.75) is 13.5 Å². The third-order valence-corrected chi connectivity index (χ3v) is 3.24. The average molecular weight is 318 g/mol. The van der Waals surface area contributed by atoms with E-state index in [2.05, 4.69) is 9.99 Å². The van der Waals surface area contributed by atoms with E-state index in [1.807, 2.05) is 43.3 Å². The molecule has 0 fully saturated rings. The van der Waals surface area contributed by atoms with E-state index < -0.39 is 5.24 Å². The van der Waals surface area contributed by atoms with Crippen LogP contribution in [0, 0.1) is 6.92 Å². The van der Waals surface area contributed by atoms with Crippen LogP contribution in [0.5, 0.6) is 5.75 Å². The molecule has 4 nitrogen and oxygen atoms in total. The summed E-state index contributed by atoms with van der Waals surface area (Å²) in [4.78, 5) is 16.0. The molecule has 0 aliphatic heterocycles. The number of aryl methyl sites for hydroxylation is 1. The quantitative estimate of drug-likeness (QED) is 0.464. The van der Waals surface area contributed by atoms with E-state index in [-0.39, 0.29) is 5.71 Å². The molecule has 114 valence electrons. The predicted octanol–water partition coefficient (Wildman–Crippen LogP) is 3.69. The van der Waals surface area contributed by atoms with Gasteiger partial charge in [0.05, 0.1) is 0 Å². The van der Waals surface area contributed by atoms with Crippen molar-refractivity contribution in [3.63, 3.8) is 0 Å². The summed E-state index contributed by atoms with van der Waals surface area (Å²) in [5.74, 6) is 0.826. The third kappa shape index (κ3) is 4.09. The molecule has 2 aromatic rings. The average Bonchev–Trinajstić information content (AvgIpc) is 2.52. The molecule has 0 aliphatic rings. The lowest BCUT2D eigenvalue weighted by atomic mass is 10.1. The second kappa shape index (κ2) is 7.61. The first-order valence-electron chi connectivity index (χ1n) is 6.70. The van der Waals surface area contributed by atoms with Gasteiger partial charge < -0.3 is 9.57 Å². The number of carbonyl (C=O) groups is 1. The Kier molecular flexibility index (Phi) is 5.55. The second-order valence-corrected chi connectivity index (χ2v) is 4.99. The van der Waals surface area contributed by atoms with E-state index in [0.717, 1.165) is 16.9 Å². The molecule has 0 aliphatic carbocycles. The van der Waals surface area contributed by atoms with Gasteiger partial charge >= 0.3 is 0 Å². The number of oxime groups is 1. The number of ether oxygens (including phenoxy) is 1. The van der Waals surface area contributed by atoms with E-state index in [1.54, 1.807) is 12.1 Å². The molecule has 2 rings (SSSR count). The summed E-state index contributed by atoms with van der Waals surface area (Å²) >= 11 is 5.52. The Balaban J connectivity index is 2.17. The fourth-order valence-electron chi connectivity index (χ4n) is 1.98. The fraction of sp³-hybridized carbons (Fsp3) is 0.176. The zero-order valence-electron chi connectivity index (χ0n) is 12.4. The number of benzene rings is 2. The first kappa shape index (κ1) is 16.0. The number of carbonyl (C=O) groups excluding carboxylic acids is 1. The van der Waals surface area contributed by atoms with Crippen LogP contribution in [0.2, 0.25) is 0 Å². The number of halogens is 1. The summed E-state index contributed by atoms with van der Waals surface area (Å²) in [5, 5.41) is 2.99. The van der Waals surface area contributed by atoms with Crippen molar-refractivity contribution < 1.29 is 14.4 Å². The first-order valence-corrected chi connectivity index (χ1v) is 7.08. The summed E-state index contributed by atoms with van der Waals surface area (Å²) < 4.78 is 5.79. The zero-order valence-corrected chi connectivity index (χ0v) is 13.1. The van der Waals surface area contributed by atoms with Crippen LogP contribution in [-0.4, -0.2) is 18.1 Å². The summed E-state index contributed by atoms with van der Waals surface area (Å²) in [6.07, 6.45) is 0. The number of hydrogen-bond donors (Lipinski definition) is 0. The Labute approximate surface area is 134 Å². The van der Waals surface area contributed by atoms with Gasteiger partial charge in [-0.2, -0.15) is 0 Å². The van der Waals surface area contributed by atoms with E-state index in [1.165, 1.54) is 7.11 Å². The molecule has 0 spiro atoms. The molecule has 22 heavy (non-hydrogen) atoms. The molecule has 2 aromatic carbocycles. The van der Waals surface area contributed by atoms with Gasteiger partial charge in [0.2, 0.25) is 0 Å². The van der Waals surface area contributed by atoms with E-state index in [0.29, 0.717) is 12.2 Å². The molecule has 0 saturated heterocycles. The van der Waals surface area contributed by atoms with Gasteiger partial charge in [0.15, 0.2) is 5.71 Å². The van der Waals surface area contributed by atoms with E-state index in [9.17, 15) is 4.79 Å². The highest BCUT2D eigenvalue weighted by Crippen LogP contribution is 2.18. The first-order chi connectivity index (χ1) is 10.6. The van der Waals surface area contributed by atoms with Crippen LogP contribution in [0.1, 0.15) is 16.7 Å². The minimum atomic E-state index is -0.668. The van der Waals surface area contributed by atoms with E-state index >= 15 is 0 Å². The fourth-order valence-corrected chi connectivity index (χ4v) is 2.12. The summed E-state index contributed by atoms with van der Waals surface area (Å²) in [6.45, 7) is 2.37. The minimum Gasteiger partial charge on any atom is -0.489 e.